The molecule has 4 heterocycles. The van der Waals surface area contributed by atoms with Crippen molar-refractivity contribution in [2.75, 3.05) is 5.32 Å². The van der Waals surface area contributed by atoms with Gasteiger partial charge in [0.05, 0.1) is 11.6 Å². The zero-order valence-corrected chi connectivity index (χ0v) is 14.0. The van der Waals surface area contributed by atoms with Crippen molar-refractivity contribution in [3.63, 3.8) is 0 Å². The van der Waals surface area contributed by atoms with Gasteiger partial charge in [-0.1, -0.05) is 18.2 Å². The summed E-state index contributed by atoms with van der Waals surface area (Å²) in [5.74, 6) is -0.722. The number of cyclic esters (lactones) is 1. The van der Waals surface area contributed by atoms with Crippen LogP contribution in [0.1, 0.15) is 35.3 Å². The van der Waals surface area contributed by atoms with Crippen LogP contribution < -0.4 is 10.9 Å². The molecule has 0 aliphatic carbocycles. The predicted molar refractivity (Wildman–Crippen MR) is 94.4 cm³/mol. The number of rotatable bonds is 1. The van der Waals surface area contributed by atoms with Crippen molar-refractivity contribution >= 4 is 17.7 Å². The summed E-state index contributed by atoms with van der Waals surface area (Å²) in [5.41, 5.74) is 2.60. The van der Waals surface area contributed by atoms with Gasteiger partial charge in [-0.25, -0.2) is 4.79 Å². The maximum absolute atomic E-state index is 13.0. The van der Waals surface area contributed by atoms with Crippen LogP contribution in [0.4, 0.5) is 5.69 Å². The molecule has 0 saturated heterocycles. The molecule has 7 heteroatoms. The molecule has 3 aliphatic heterocycles. The van der Waals surface area contributed by atoms with Crippen molar-refractivity contribution in [1.82, 2.24) is 4.57 Å². The van der Waals surface area contributed by atoms with Crippen molar-refractivity contribution < 1.29 is 9.53 Å². The van der Waals surface area contributed by atoms with Gasteiger partial charge in [-0.15, -0.1) is 4.91 Å². The Kier molecular flexibility index (Phi) is 2.84. The molecule has 2 atom stereocenters. The number of fused-ring (bicyclic) bond motifs is 5. The Morgan fingerprint density at radius 1 is 1.31 bits per heavy atom. The first-order chi connectivity index (χ1) is 12.5. The van der Waals surface area contributed by atoms with Crippen LogP contribution in [-0.2, 0) is 28.2 Å². The van der Waals surface area contributed by atoms with Gasteiger partial charge in [-0.2, -0.15) is 0 Å². The number of benzene rings is 1. The zero-order valence-electron chi connectivity index (χ0n) is 14.0. The van der Waals surface area contributed by atoms with E-state index in [2.05, 4.69) is 16.6 Å². The van der Waals surface area contributed by atoms with Crippen LogP contribution in [0.25, 0.3) is 6.08 Å². The lowest BCUT2D eigenvalue weighted by Gasteiger charge is -2.29. The second-order valence-electron chi connectivity index (χ2n) is 6.98. The lowest BCUT2D eigenvalue weighted by Crippen LogP contribution is -2.41. The molecular weight excluding hydrogens is 334 g/mol. The number of para-hydroxylation sites is 1. The molecule has 0 radical (unpaired) electrons. The Bertz CT molecular complexity index is 1080. The molecule has 1 N–H and O–H groups in total. The SMILES string of the molecule is CC1(N=O)C(=O)OCc2c1cc1n(c2=O)CC2=Cc3ccccc3NC21. The Morgan fingerprint density at radius 3 is 2.92 bits per heavy atom. The van der Waals surface area contributed by atoms with E-state index in [1.165, 1.54) is 6.92 Å². The highest BCUT2D eigenvalue weighted by Gasteiger charge is 2.47. The second-order valence-corrected chi connectivity index (χ2v) is 6.98. The average molecular weight is 349 g/mol. The third-order valence-electron chi connectivity index (χ3n) is 5.49. The largest absolute Gasteiger partial charge is 0.458 e. The molecule has 26 heavy (non-hydrogen) atoms. The van der Waals surface area contributed by atoms with Crippen molar-refractivity contribution in [3.8, 4) is 0 Å². The van der Waals surface area contributed by atoms with Gasteiger partial charge in [0.25, 0.3) is 5.56 Å². The van der Waals surface area contributed by atoms with E-state index in [1.54, 1.807) is 10.6 Å². The molecule has 130 valence electrons. The van der Waals surface area contributed by atoms with Crippen LogP contribution in [0.15, 0.2) is 45.9 Å². The maximum atomic E-state index is 13.0. The van der Waals surface area contributed by atoms with E-state index in [1.807, 2.05) is 24.3 Å². The number of nitroso groups, excluding NO2 is 1. The number of hydrogen-bond donors (Lipinski definition) is 1. The van der Waals surface area contributed by atoms with Gasteiger partial charge in [0.2, 0.25) is 5.54 Å². The molecular formula is C19H15N3O4. The van der Waals surface area contributed by atoms with Crippen molar-refractivity contribution in [2.45, 2.75) is 31.7 Å². The summed E-state index contributed by atoms with van der Waals surface area (Å²) in [6.07, 6.45) is 2.08. The van der Waals surface area contributed by atoms with Crippen LogP contribution in [0.3, 0.4) is 0 Å². The lowest BCUT2D eigenvalue weighted by atomic mass is 9.86. The molecule has 1 aromatic heterocycles. The number of anilines is 1. The molecule has 0 bridgehead atoms. The summed E-state index contributed by atoms with van der Waals surface area (Å²) in [6, 6.07) is 9.50. The third kappa shape index (κ3) is 1.77. The molecule has 2 aromatic rings. The Hall–Kier alpha value is -3.22. The van der Waals surface area contributed by atoms with Crippen LogP contribution in [-0.4, -0.2) is 10.5 Å². The minimum absolute atomic E-state index is 0.129. The highest BCUT2D eigenvalue weighted by atomic mass is 16.5. The van der Waals surface area contributed by atoms with E-state index < -0.39 is 11.5 Å². The van der Waals surface area contributed by atoms with E-state index in [9.17, 15) is 14.5 Å². The third-order valence-corrected chi connectivity index (χ3v) is 5.49. The Balaban J connectivity index is 1.72. The predicted octanol–water partition coefficient (Wildman–Crippen LogP) is 2.45. The van der Waals surface area contributed by atoms with E-state index in [-0.39, 0.29) is 18.2 Å². The normalized spacial score (nSPS) is 25.0. The van der Waals surface area contributed by atoms with Crippen molar-refractivity contribution in [1.29, 1.82) is 0 Å². The number of pyridine rings is 1. The van der Waals surface area contributed by atoms with E-state index in [0.717, 1.165) is 22.5 Å². The fraction of sp³-hybridized carbons (Fsp3) is 0.263. The first-order valence-corrected chi connectivity index (χ1v) is 8.38. The molecule has 0 saturated carbocycles. The van der Waals surface area contributed by atoms with Gasteiger partial charge in [-0.3, -0.25) is 4.79 Å². The minimum Gasteiger partial charge on any atom is -0.458 e. The number of esters is 1. The molecule has 0 amide bonds. The summed E-state index contributed by atoms with van der Waals surface area (Å²) < 4.78 is 6.72. The van der Waals surface area contributed by atoms with E-state index >= 15 is 0 Å². The van der Waals surface area contributed by atoms with Gasteiger partial charge >= 0.3 is 5.97 Å². The monoisotopic (exact) mass is 349 g/mol. The van der Waals surface area contributed by atoms with Crippen LogP contribution in [0.5, 0.6) is 0 Å². The fourth-order valence-electron chi connectivity index (χ4n) is 4.03. The van der Waals surface area contributed by atoms with E-state index in [4.69, 9.17) is 4.74 Å². The van der Waals surface area contributed by atoms with Gasteiger partial charge in [-0.05, 0) is 41.4 Å². The topological polar surface area (TPSA) is 89.8 Å². The molecule has 5 rings (SSSR count). The Labute approximate surface area is 148 Å². The number of aromatic nitrogens is 1. The lowest BCUT2D eigenvalue weighted by molar-refractivity contribution is -0.153. The molecule has 2 unspecified atom stereocenters. The second kappa shape index (κ2) is 4.91. The maximum Gasteiger partial charge on any atom is 0.342 e. The molecule has 0 spiro atoms. The summed E-state index contributed by atoms with van der Waals surface area (Å²) in [6.45, 7) is 1.73. The average Bonchev–Trinajstić information content (AvgIpc) is 3.01. The van der Waals surface area contributed by atoms with Crippen LogP contribution in [0, 0.1) is 4.91 Å². The zero-order chi connectivity index (χ0) is 18.1. The van der Waals surface area contributed by atoms with Gasteiger partial charge < -0.3 is 14.6 Å². The summed E-state index contributed by atoms with van der Waals surface area (Å²) >= 11 is 0. The molecule has 0 fully saturated rings. The molecule has 1 aromatic carbocycles. The van der Waals surface area contributed by atoms with Crippen LogP contribution >= 0.6 is 0 Å². The van der Waals surface area contributed by atoms with Gasteiger partial charge in [0, 0.05) is 23.5 Å². The number of carbonyl (C=O) groups excluding carboxylic acids is 1. The van der Waals surface area contributed by atoms with Crippen LogP contribution in [0.2, 0.25) is 0 Å². The van der Waals surface area contributed by atoms with Gasteiger partial charge in [0.1, 0.15) is 6.61 Å². The van der Waals surface area contributed by atoms with Crippen molar-refractivity contribution in [3.05, 3.63) is 73.6 Å². The highest BCUT2D eigenvalue weighted by molar-refractivity contribution is 5.84. The number of nitrogens with one attached hydrogen (secondary N) is 1. The summed E-state index contributed by atoms with van der Waals surface area (Å²) in [7, 11) is 0. The highest BCUT2D eigenvalue weighted by Crippen LogP contribution is 2.42. The number of ether oxygens (including phenoxy) is 1. The first-order valence-electron chi connectivity index (χ1n) is 8.38. The standard InChI is InChI=1S/C19H15N3O4/c1-19(21-25)13-7-15-16-11(6-10-4-2-3-5-14(10)20-16)8-22(15)17(23)12(13)9-26-18(19)24/h2-7,16,20H,8-9H2,1H3. The quantitative estimate of drug-likeness (QED) is 0.631. The summed E-state index contributed by atoms with van der Waals surface area (Å²) in [4.78, 5) is 36.5. The van der Waals surface area contributed by atoms with Crippen molar-refractivity contribution in [2.24, 2.45) is 5.18 Å². The fourth-order valence-corrected chi connectivity index (χ4v) is 4.03. The first kappa shape index (κ1) is 15.1. The molecule has 7 nitrogen and oxygen atoms in total. The van der Waals surface area contributed by atoms with Gasteiger partial charge in [0.15, 0.2) is 0 Å². The number of hydrogen-bond acceptors (Lipinski definition) is 6. The van der Waals surface area contributed by atoms with E-state index in [0.29, 0.717) is 17.7 Å². The minimum atomic E-state index is -1.69. The molecule has 3 aliphatic rings. The Morgan fingerprint density at radius 2 is 2.12 bits per heavy atom. The number of carbonyl (C=O) groups is 1. The summed E-state index contributed by atoms with van der Waals surface area (Å²) in [5, 5.41) is 6.45. The number of nitrogens with zero attached hydrogens (tertiary/aromatic N) is 2. The smallest absolute Gasteiger partial charge is 0.342 e.